The van der Waals surface area contributed by atoms with Crippen molar-refractivity contribution in [1.29, 1.82) is 0 Å². The number of nitrogens with zero attached hydrogens (tertiary/aromatic N) is 2. The van der Waals surface area contributed by atoms with Gasteiger partial charge in [0.05, 0.1) is 13.1 Å². The molecule has 0 unspecified atom stereocenters. The van der Waals surface area contributed by atoms with Gasteiger partial charge in [0.25, 0.3) is 5.82 Å². The van der Waals surface area contributed by atoms with Crippen molar-refractivity contribution in [1.82, 2.24) is 4.57 Å². The summed E-state index contributed by atoms with van der Waals surface area (Å²) in [6, 6.07) is 0. The van der Waals surface area contributed by atoms with Gasteiger partial charge in [0.15, 0.2) is 0 Å². The molecule has 26 heavy (non-hydrogen) atoms. The fraction of sp³-hybridized carbons (Fsp3) is 0.818. The van der Waals surface area contributed by atoms with Gasteiger partial charge in [0.1, 0.15) is 12.4 Å². The lowest BCUT2D eigenvalue weighted by Crippen LogP contribution is -2.37. The number of hydrogen-bond donors (Lipinski definition) is 0. The Morgan fingerprint density at radius 3 is 2.08 bits per heavy atom. The van der Waals surface area contributed by atoms with Crippen LogP contribution in [0.15, 0.2) is 12.4 Å². The molecule has 1 heterocycles. The highest BCUT2D eigenvalue weighted by Crippen LogP contribution is 2.12. The van der Waals surface area contributed by atoms with Crippen LogP contribution < -0.4 is 9.67 Å². The highest BCUT2D eigenvalue weighted by atomic mass is 16.4. The Labute approximate surface area is 160 Å². The summed E-state index contributed by atoms with van der Waals surface area (Å²) in [5.41, 5.74) is 0. The van der Waals surface area contributed by atoms with Crippen molar-refractivity contribution < 1.29 is 14.5 Å². The van der Waals surface area contributed by atoms with Crippen LogP contribution in [0.1, 0.15) is 103 Å². The molecule has 1 aromatic heterocycles. The van der Waals surface area contributed by atoms with E-state index in [1.54, 1.807) is 0 Å². The molecular formula is C22H40N2O2. The van der Waals surface area contributed by atoms with Crippen LogP contribution >= 0.6 is 0 Å². The van der Waals surface area contributed by atoms with Crippen molar-refractivity contribution in [2.45, 2.75) is 117 Å². The monoisotopic (exact) mass is 364 g/mol. The summed E-state index contributed by atoms with van der Waals surface area (Å²) in [6.07, 6.45) is 21.0. The maximum absolute atomic E-state index is 10.8. The Morgan fingerprint density at radius 1 is 0.923 bits per heavy atom. The summed E-state index contributed by atoms with van der Waals surface area (Å²) in [7, 11) is 0. The van der Waals surface area contributed by atoms with Gasteiger partial charge in [0, 0.05) is 18.8 Å². The molecule has 0 saturated carbocycles. The van der Waals surface area contributed by atoms with Crippen LogP contribution in [0.25, 0.3) is 0 Å². The van der Waals surface area contributed by atoms with E-state index in [-0.39, 0.29) is 6.42 Å². The molecule has 1 aromatic rings. The van der Waals surface area contributed by atoms with Gasteiger partial charge in [-0.05, 0) is 12.8 Å². The number of hydrogen-bond acceptors (Lipinski definition) is 2. The number of aryl methyl sites for hydroxylation is 2. The van der Waals surface area contributed by atoms with Crippen LogP contribution in [0, 0.1) is 0 Å². The number of aromatic nitrogens is 2. The first-order valence-corrected chi connectivity index (χ1v) is 11.0. The Morgan fingerprint density at radius 2 is 1.50 bits per heavy atom. The van der Waals surface area contributed by atoms with Crippen LogP contribution in [-0.2, 0) is 24.3 Å². The third-order valence-electron chi connectivity index (χ3n) is 5.15. The number of imidazole rings is 1. The van der Waals surface area contributed by atoms with Gasteiger partial charge in [-0.15, -0.1) is 0 Å². The zero-order chi connectivity index (χ0) is 19.0. The molecule has 0 bridgehead atoms. The maximum atomic E-state index is 10.8. The molecule has 0 N–H and O–H groups in total. The smallest absolute Gasteiger partial charge is 0.256 e. The van der Waals surface area contributed by atoms with Gasteiger partial charge in [-0.25, -0.2) is 9.13 Å². The summed E-state index contributed by atoms with van der Waals surface area (Å²) >= 11 is 0. The largest absolute Gasteiger partial charge is 0.550 e. The number of carbonyl (C=O) groups excluding carboxylic acids is 1. The summed E-state index contributed by atoms with van der Waals surface area (Å²) in [6.45, 7) is 6.02. The number of unbranched alkanes of at least 4 members (excludes halogenated alkanes) is 10. The predicted octanol–water partition coefficient (Wildman–Crippen LogP) is 4.18. The Bertz CT molecular complexity index is 482. The average molecular weight is 365 g/mol. The van der Waals surface area contributed by atoms with Crippen LogP contribution in [0.3, 0.4) is 0 Å². The van der Waals surface area contributed by atoms with E-state index in [2.05, 4.69) is 29.2 Å². The van der Waals surface area contributed by atoms with Crippen LogP contribution in [0.2, 0.25) is 0 Å². The number of carboxylic acid groups (broad SMARTS) is 1. The van der Waals surface area contributed by atoms with E-state index in [0.29, 0.717) is 6.54 Å². The van der Waals surface area contributed by atoms with E-state index in [9.17, 15) is 9.90 Å². The van der Waals surface area contributed by atoms with E-state index >= 15 is 0 Å². The summed E-state index contributed by atoms with van der Waals surface area (Å²) in [5.74, 6) is 0.308. The molecule has 0 spiro atoms. The SMILES string of the molecule is CCCCCCCCCCCCc1n(CCC(=O)[O-])cc[n+]1CCCC. The minimum atomic E-state index is -0.969. The molecule has 0 aliphatic carbocycles. The van der Waals surface area contributed by atoms with Gasteiger partial charge in [-0.3, -0.25) is 0 Å². The first-order chi connectivity index (χ1) is 12.7. The van der Waals surface area contributed by atoms with Crippen LogP contribution in [0.4, 0.5) is 0 Å². The van der Waals surface area contributed by atoms with Gasteiger partial charge in [0.2, 0.25) is 0 Å². The summed E-state index contributed by atoms with van der Waals surface area (Å²) in [5, 5.41) is 10.8. The topological polar surface area (TPSA) is 48.9 Å². The van der Waals surface area contributed by atoms with Crippen molar-refractivity contribution in [2.75, 3.05) is 0 Å². The van der Waals surface area contributed by atoms with Crippen molar-refractivity contribution >= 4 is 5.97 Å². The lowest BCUT2D eigenvalue weighted by atomic mass is 10.1. The Hall–Kier alpha value is -1.32. The first-order valence-electron chi connectivity index (χ1n) is 11.0. The molecule has 0 aliphatic rings. The second kappa shape index (κ2) is 14.8. The van der Waals surface area contributed by atoms with E-state index in [1.165, 1.54) is 82.9 Å². The zero-order valence-electron chi connectivity index (χ0n) is 17.2. The molecule has 0 amide bonds. The van der Waals surface area contributed by atoms with Crippen molar-refractivity contribution in [3.05, 3.63) is 18.2 Å². The normalized spacial score (nSPS) is 11.2. The molecule has 150 valence electrons. The molecule has 0 aliphatic heterocycles. The molecular weight excluding hydrogens is 324 g/mol. The molecule has 0 radical (unpaired) electrons. The molecule has 0 atom stereocenters. The molecule has 4 nitrogen and oxygen atoms in total. The molecule has 4 heteroatoms. The molecule has 1 rings (SSSR count). The number of carbonyl (C=O) groups is 1. The standard InChI is InChI=1S/C22H40N2O2/c1-3-5-7-8-9-10-11-12-13-14-15-21-23(17-6-4-2)19-20-24(21)18-16-22(25)26/h19-20H,3-18H2,1-2H3. The quantitative estimate of drug-likeness (QED) is 0.307. The van der Waals surface area contributed by atoms with Crippen molar-refractivity contribution in [3.63, 3.8) is 0 Å². The third kappa shape index (κ3) is 9.98. The summed E-state index contributed by atoms with van der Waals surface area (Å²) < 4.78 is 4.42. The highest BCUT2D eigenvalue weighted by molar-refractivity contribution is 5.64. The lowest BCUT2D eigenvalue weighted by molar-refractivity contribution is -0.704. The highest BCUT2D eigenvalue weighted by Gasteiger charge is 2.16. The summed E-state index contributed by atoms with van der Waals surface area (Å²) in [4.78, 5) is 10.8. The zero-order valence-corrected chi connectivity index (χ0v) is 17.2. The fourth-order valence-corrected chi connectivity index (χ4v) is 3.50. The van der Waals surface area contributed by atoms with Crippen molar-refractivity contribution in [2.24, 2.45) is 0 Å². The second-order valence-corrected chi connectivity index (χ2v) is 7.51. The number of carboxylic acids is 1. The lowest BCUT2D eigenvalue weighted by Gasteiger charge is -2.06. The van der Waals surface area contributed by atoms with E-state index < -0.39 is 5.97 Å². The van der Waals surface area contributed by atoms with Gasteiger partial charge in [-0.1, -0.05) is 78.1 Å². The van der Waals surface area contributed by atoms with Gasteiger partial charge >= 0.3 is 0 Å². The predicted molar refractivity (Wildman–Crippen MR) is 105 cm³/mol. The third-order valence-corrected chi connectivity index (χ3v) is 5.15. The van der Waals surface area contributed by atoms with E-state index in [1.807, 2.05) is 6.20 Å². The fourth-order valence-electron chi connectivity index (χ4n) is 3.50. The van der Waals surface area contributed by atoms with E-state index in [4.69, 9.17) is 0 Å². The van der Waals surface area contributed by atoms with E-state index in [0.717, 1.165) is 13.0 Å². The van der Waals surface area contributed by atoms with Crippen LogP contribution in [-0.4, -0.2) is 10.5 Å². The van der Waals surface area contributed by atoms with Crippen LogP contribution in [0.5, 0.6) is 0 Å². The second-order valence-electron chi connectivity index (χ2n) is 7.51. The van der Waals surface area contributed by atoms with Crippen molar-refractivity contribution in [3.8, 4) is 0 Å². The molecule has 0 fully saturated rings. The molecule has 0 saturated heterocycles. The van der Waals surface area contributed by atoms with Gasteiger partial charge in [-0.2, -0.15) is 0 Å². The number of aliphatic carboxylic acids is 1. The number of rotatable bonds is 17. The Balaban J connectivity index is 2.30. The first kappa shape index (κ1) is 22.7. The molecule has 0 aromatic carbocycles. The Kier molecular flexibility index (Phi) is 12.9. The minimum Gasteiger partial charge on any atom is -0.550 e. The maximum Gasteiger partial charge on any atom is 0.256 e. The minimum absolute atomic E-state index is 0.0908. The van der Waals surface area contributed by atoms with Gasteiger partial charge < -0.3 is 9.90 Å². The average Bonchev–Trinajstić information content (AvgIpc) is 3.01.